The average Bonchev–Trinajstić information content (AvgIpc) is 3.20. The van der Waals surface area contributed by atoms with Crippen LogP contribution >= 0.6 is 0 Å². The molecule has 2 aliphatic rings. The van der Waals surface area contributed by atoms with Crippen LogP contribution in [-0.2, 0) is 32.2 Å². The number of nitrogens with one attached hydrogen (secondary N) is 1. The van der Waals surface area contributed by atoms with Crippen molar-refractivity contribution < 1.29 is 19.1 Å². The summed E-state index contributed by atoms with van der Waals surface area (Å²) in [6, 6.07) is 18.0. The molecule has 0 unspecified atom stereocenters. The van der Waals surface area contributed by atoms with E-state index in [1.54, 1.807) is 11.8 Å². The maximum absolute atomic E-state index is 13.7. The van der Waals surface area contributed by atoms with Gasteiger partial charge in [-0.1, -0.05) is 79.9 Å². The van der Waals surface area contributed by atoms with E-state index in [1.807, 2.05) is 60.7 Å². The maximum Gasteiger partial charge on any atom is 0.330 e. The van der Waals surface area contributed by atoms with Crippen LogP contribution < -0.4 is 5.32 Å². The van der Waals surface area contributed by atoms with E-state index in [0.29, 0.717) is 6.54 Å². The Morgan fingerprint density at radius 2 is 1.60 bits per heavy atom. The lowest BCUT2D eigenvalue weighted by molar-refractivity contribution is -0.155. The standard InChI is InChI=1S/C28H33N3O4/c1-2-35-28(34)25-23(26(32)30-19-21-14-8-4-9-15-21)24(29-18-20-12-6-3-7-13-20)27(33)31(25)22-16-10-5-11-17-22/h3-4,6-9,12-15,22-23,25H,2,5,10-11,16-19H2,1H3,(H,30,32)/t23-,25-/m0/s1. The molecule has 1 heterocycles. The SMILES string of the molecule is CCOC(=O)[C@@H]1[C@@H](C(=O)NCc2ccccc2)C(=NCc2ccccc2)C(=O)N1C1CCCCC1. The molecule has 0 spiro atoms. The van der Waals surface area contributed by atoms with Gasteiger partial charge in [0.1, 0.15) is 17.7 Å². The van der Waals surface area contributed by atoms with Crippen molar-refractivity contribution in [3.05, 3.63) is 71.8 Å². The smallest absolute Gasteiger partial charge is 0.330 e. The summed E-state index contributed by atoms with van der Waals surface area (Å²) in [4.78, 5) is 46.7. The van der Waals surface area contributed by atoms with Crippen LogP contribution in [0.2, 0.25) is 0 Å². The second-order valence-corrected chi connectivity index (χ2v) is 9.07. The van der Waals surface area contributed by atoms with Crippen molar-refractivity contribution in [3.63, 3.8) is 0 Å². The second kappa shape index (κ2) is 11.8. The zero-order valence-corrected chi connectivity index (χ0v) is 20.2. The number of hydrogen-bond donors (Lipinski definition) is 1. The van der Waals surface area contributed by atoms with Crippen LogP contribution in [0.5, 0.6) is 0 Å². The van der Waals surface area contributed by atoms with Crippen LogP contribution in [0, 0.1) is 5.92 Å². The first-order valence-corrected chi connectivity index (χ1v) is 12.5. The normalized spacial score (nSPS) is 21.8. The molecule has 0 aromatic heterocycles. The predicted molar refractivity (Wildman–Crippen MR) is 133 cm³/mol. The highest BCUT2D eigenvalue weighted by atomic mass is 16.5. The first-order valence-electron chi connectivity index (χ1n) is 12.5. The van der Waals surface area contributed by atoms with Crippen LogP contribution in [0.1, 0.15) is 50.2 Å². The third-order valence-corrected chi connectivity index (χ3v) is 6.73. The summed E-state index contributed by atoms with van der Waals surface area (Å²) in [7, 11) is 0. The molecule has 7 heteroatoms. The van der Waals surface area contributed by atoms with Gasteiger partial charge in [0.05, 0.1) is 13.2 Å². The van der Waals surface area contributed by atoms with Gasteiger partial charge >= 0.3 is 5.97 Å². The molecule has 1 aliphatic carbocycles. The van der Waals surface area contributed by atoms with E-state index in [-0.39, 0.29) is 36.7 Å². The van der Waals surface area contributed by atoms with Gasteiger partial charge in [0.2, 0.25) is 5.91 Å². The van der Waals surface area contributed by atoms with E-state index in [2.05, 4.69) is 10.3 Å². The van der Waals surface area contributed by atoms with E-state index in [1.165, 1.54) is 0 Å². The van der Waals surface area contributed by atoms with Crippen molar-refractivity contribution in [1.82, 2.24) is 10.2 Å². The number of carbonyl (C=O) groups excluding carboxylic acids is 3. The maximum atomic E-state index is 13.7. The molecule has 1 saturated carbocycles. The fourth-order valence-electron chi connectivity index (χ4n) is 5.02. The monoisotopic (exact) mass is 475 g/mol. The van der Waals surface area contributed by atoms with Gasteiger partial charge in [-0.05, 0) is 30.9 Å². The first kappa shape index (κ1) is 24.6. The van der Waals surface area contributed by atoms with Gasteiger partial charge in [-0.2, -0.15) is 0 Å². The summed E-state index contributed by atoms with van der Waals surface area (Å²) in [5, 5.41) is 2.93. The molecule has 2 atom stereocenters. The minimum atomic E-state index is -1.02. The Bertz CT molecular complexity index is 1050. The molecular weight excluding hydrogens is 442 g/mol. The van der Waals surface area contributed by atoms with Crippen LogP contribution in [0.15, 0.2) is 65.7 Å². The number of benzene rings is 2. The zero-order chi connectivity index (χ0) is 24.6. The van der Waals surface area contributed by atoms with Gasteiger partial charge in [0.25, 0.3) is 5.91 Å². The Labute approximate surface area is 206 Å². The topological polar surface area (TPSA) is 88.1 Å². The number of nitrogens with zero attached hydrogens (tertiary/aromatic N) is 2. The third kappa shape index (κ3) is 5.78. The largest absolute Gasteiger partial charge is 0.464 e. The van der Waals surface area contributed by atoms with E-state index in [9.17, 15) is 14.4 Å². The number of carbonyl (C=O) groups is 3. The second-order valence-electron chi connectivity index (χ2n) is 9.07. The minimum Gasteiger partial charge on any atom is -0.464 e. The summed E-state index contributed by atoms with van der Waals surface area (Å²) in [5.41, 5.74) is 2.01. The molecule has 2 amide bonds. The molecular formula is C28H33N3O4. The van der Waals surface area contributed by atoms with Crippen molar-refractivity contribution >= 4 is 23.5 Å². The minimum absolute atomic E-state index is 0.0977. The molecule has 184 valence electrons. The van der Waals surface area contributed by atoms with Crippen molar-refractivity contribution in [3.8, 4) is 0 Å². The van der Waals surface area contributed by atoms with Gasteiger partial charge in [-0.15, -0.1) is 0 Å². The molecule has 1 aliphatic heterocycles. The lowest BCUT2D eigenvalue weighted by atomic mass is 9.92. The van der Waals surface area contributed by atoms with E-state index in [4.69, 9.17) is 4.74 Å². The molecule has 2 fully saturated rings. The highest BCUT2D eigenvalue weighted by Crippen LogP contribution is 2.33. The molecule has 35 heavy (non-hydrogen) atoms. The molecule has 1 N–H and O–H groups in total. The summed E-state index contributed by atoms with van der Waals surface area (Å²) in [6.07, 6.45) is 4.72. The van der Waals surface area contributed by atoms with Gasteiger partial charge < -0.3 is 15.0 Å². The number of ether oxygens (including phenoxy) is 1. The van der Waals surface area contributed by atoms with Gasteiger partial charge in [-0.3, -0.25) is 14.6 Å². The number of esters is 1. The van der Waals surface area contributed by atoms with Crippen molar-refractivity contribution in [2.45, 2.75) is 64.2 Å². The lowest BCUT2D eigenvalue weighted by Gasteiger charge is -2.35. The molecule has 0 bridgehead atoms. The van der Waals surface area contributed by atoms with Gasteiger partial charge in [-0.25, -0.2) is 4.79 Å². The van der Waals surface area contributed by atoms with Crippen molar-refractivity contribution in [2.75, 3.05) is 6.61 Å². The zero-order valence-electron chi connectivity index (χ0n) is 20.2. The number of hydrogen-bond acceptors (Lipinski definition) is 5. The third-order valence-electron chi connectivity index (χ3n) is 6.73. The van der Waals surface area contributed by atoms with E-state index in [0.717, 1.165) is 43.2 Å². The Kier molecular flexibility index (Phi) is 8.29. The molecule has 4 rings (SSSR count). The number of amides is 2. The van der Waals surface area contributed by atoms with Crippen molar-refractivity contribution in [1.29, 1.82) is 0 Å². The average molecular weight is 476 g/mol. The fraction of sp³-hybridized carbons (Fsp3) is 0.429. The highest BCUT2D eigenvalue weighted by molar-refractivity contribution is 6.46. The molecule has 0 radical (unpaired) electrons. The predicted octanol–water partition coefficient (Wildman–Crippen LogP) is 3.67. The lowest BCUT2D eigenvalue weighted by Crippen LogP contribution is -2.51. The highest BCUT2D eigenvalue weighted by Gasteiger charge is 2.55. The van der Waals surface area contributed by atoms with E-state index < -0.39 is 17.9 Å². The number of rotatable bonds is 8. The Morgan fingerprint density at radius 3 is 2.23 bits per heavy atom. The molecule has 2 aromatic rings. The fourth-order valence-corrected chi connectivity index (χ4v) is 5.02. The first-order chi connectivity index (χ1) is 17.1. The van der Waals surface area contributed by atoms with E-state index >= 15 is 0 Å². The summed E-state index contributed by atoms with van der Waals surface area (Å²) in [6.45, 7) is 2.47. The van der Waals surface area contributed by atoms with Crippen LogP contribution in [0.4, 0.5) is 0 Å². The summed E-state index contributed by atoms with van der Waals surface area (Å²) < 4.78 is 5.38. The quantitative estimate of drug-likeness (QED) is 0.590. The molecule has 1 saturated heterocycles. The Hall–Kier alpha value is -3.48. The van der Waals surface area contributed by atoms with Crippen molar-refractivity contribution in [2.24, 2.45) is 10.9 Å². The summed E-state index contributed by atoms with van der Waals surface area (Å²) >= 11 is 0. The summed E-state index contributed by atoms with van der Waals surface area (Å²) in [5.74, 6) is -2.27. The van der Waals surface area contributed by atoms with Crippen LogP contribution in [-0.4, -0.2) is 47.1 Å². The number of aliphatic imine (C=N–C) groups is 1. The Morgan fingerprint density at radius 1 is 0.971 bits per heavy atom. The molecule has 2 aromatic carbocycles. The van der Waals surface area contributed by atoms with Gasteiger partial charge in [0, 0.05) is 12.6 Å². The van der Waals surface area contributed by atoms with Crippen LogP contribution in [0.25, 0.3) is 0 Å². The van der Waals surface area contributed by atoms with Crippen LogP contribution in [0.3, 0.4) is 0 Å². The Balaban J connectivity index is 1.68. The molecule has 7 nitrogen and oxygen atoms in total. The van der Waals surface area contributed by atoms with Gasteiger partial charge in [0.15, 0.2) is 0 Å². The number of likely N-dealkylation sites (tertiary alicyclic amines) is 1.